The number of thioether (sulfide) groups is 1. The van der Waals surface area contributed by atoms with E-state index < -0.39 is 0 Å². The Labute approximate surface area is 121 Å². The van der Waals surface area contributed by atoms with Crippen LogP contribution < -0.4 is 10.6 Å². The summed E-state index contributed by atoms with van der Waals surface area (Å²) in [6.45, 7) is 4.87. The third-order valence-electron chi connectivity index (χ3n) is 3.58. The van der Waals surface area contributed by atoms with E-state index in [1.54, 1.807) is 0 Å². The molecule has 4 nitrogen and oxygen atoms in total. The lowest BCUT2D eigenvalue weighted by Gasteiger charge is -2.26. The molecule has 1 aliphatic rings. The number of nitrogens with one attached hydrogen (secondary N) is 2. The lowest BCUT2D eigenvalue weighted by Crippen LogP contribution is -2.43. The topological polar surface area (TPSA) is 61.4 Å². The fourth-order valence-corrected chi connectivity index (χ4v) is 3.25. The van der Waals surface area contributed by atoms with Gasteiger partial charge >= 0.3 is 6.03 Å². The van der Waals surface area contributed by atoms with Crippen molar-refractivity contribution in [3.05, 3.63) is 0 Å². The Bertz CT molecular complexity index is 264. The molecule has 19 heavy (non-hydrogen) atoms. The van der Waals surface area contributed by atoms with Crippen molar-refractivity contribution in [2.75, 3.05) is 18.1 Å². The van der Waals surface area contributed by atoms with Crippen LogP contribution in [0.2, 0.25) is 0 Å². The average Bonchev–Trinajstić information content (AvgIpc) is 2.37. The Morgan fingerprint density at radius 2 is 2.26 bits per heavy atom. The molecule has 0 aliphatic heterocycles. The number of hydrogen-bond acceptors (Lipinski definition) is 3. The zero-order chi connectivity index (χ0) is 14.1. The summed E-state index contributed by atoms with van der Waals surface area (Å²) in [5, 5.41) is 15.5. The van der Waals surface area contributed by atoms with Gasteiger partial charge in [-0.15, -0.1) is 0 Å². The molecule has 112 valence electrons. The van der Waals surface area contributed by atoms with Crippen LogP contribution in [-0.4, -0.2) is 41.3 Å². The van der Waals surface area contributed by atoms with Crippen molar-refractivity contribution in [2.24, 2.45) is 5.92 Å². The molecule has 0 saturated heterocycles. The second-order valence-corrected chi connectivity index (χ2v) is 6.82. The van der Waals surface area contributed by atoms with Crippen LogP contribution in [0.3, 0.4) is 0 Å². The van der Waals surface area contributed by atoms with Crippen LogP contribution in [0.4, 0.5) is 4.79 Å². The van der Waals surface area contributed by atoms with Gasteiger partial charge in [-0.2, -0.15) is 11.8 Å². The van der Waals surface area contributed by atoms with Crippen molar-refractivity contribution in [3.8, 4) is 0 Å². The fraction of sp³-hybridized carbons (Fsp3) is 0.929. The smallest absolute Gasteiger partial charge is 0.315 e. The van der Waals surface area contributed by atoms with Crippen LogP contribution in [0.15, 0.2) is 0 Å². The molecule has 1 rings (SSSR count). The Kier molecular flexibility index (Phi) is 8.30. The van der Waals surface area contributed by atoms with E-state index in [4.69, 9.17) is 0 Å². The summed E-state index contributed by atoms with van der Waals surface area (Å²) in [4.78, 5) is 11.7. The zero-order valence-electron chi connectivity index (χ0n) is 12.2. The maximum atomic E-state index is 11.7. The van der Waals surface area contributed by atoms with Gasteiger partial charge in [0.15, 0.2) is 0 Å². The van der Waals surface area contributed by atoms with Gasteiger partial charge in [-0.3, -0.25) is 0 Å². The molecule has 1 fully saturated rings. The molecule has 0 radical (unpaired) electrons. The summed E-state index contributed by atoms with van der Waals surface area (Å²) in [6, 6.07) is 0.144. The molecular weight excluding hydrogens is 260 g/mol. The number of carbonyl (C=O) groups is 1. The minimum atomic E-state index is -0.173. The molecule has 0 spiro atoms. The first-order chi connectivity index (χ1) is 9.11. The highest BCUT2D eigenvalue weighted by molar-refractivity contribution is 7.99. The van der Waals surface area contributed by atoms with E-state index in [1.165, 1.54) is 0 Å². The highest BCUT2D eigenvalue weighted by Gasteiger charge is 2.20. The van der Waals surface area contributed by atoms with Gasteiger partial charge in [0.2, 0.25) is 0 Å². The zero-order valence-corrected chi connectivity index (χ0v) is 13.0. The second kappa shape index (κ2) is 9.48. The molecule has 0 aromatic rings. The average molecular weight is 288 g/mol. The van der Waals surface area contributed by atoms with E-state index in [-0.39, 0.29) is 18.2 Å². The largest absolute Gasteiger partial charge is 0.393 e. The highest BCUT2D eigenvalue weighted by atomic mass is 32.2. The van der Waals surface area contributed by atoms with E-state index in [0.717, 1.165) is 43.6 Å². The minimum absolute atomic E-state index is 0.0749. The van der Waals surface area contributed by atoms with E-state index >= 15 is 0 Å². The molecule has 5 heteroatoms. The van der Waals surface area contributed by atoms with Crippen molar-refractivity contribution >= 4 is 17.8 Å². The molecule has 3 N–H and O–H groups in total. The Morgan fingerprint density at radius 3 is 2.95 bits per heavy atom. The summed E-state index contributed by atoms with van der Waals surface area (Å²) in [7, 11) is 0. The van der Waals surface area contributed by atoms with Crippen LogP contribution in [0, 0.1) is 5.92 Å². The number of hydrogen-bond donors (Lipinski definition) is 3. The van der Waals surface area contributed by atoms with Crippen molar-refractivity contribution in [1.82, 2.24) is 10.6 Å². The number of rotatable bonds is 7. The van der Waals surface area contributed by atoms with Crippen molar-refractivity contribution in [2.45, 2.75) is 58.1 Å². The number of aliphatic hydroxyl groups excluding tert-OH is 1. The van der Waals surface area contributed by atoms with Crippen LogP contribution in [0.25, 0.3) is 0 Å². The van der Waals surface area contributed by atoms with E-state index in [9.17, 15) is 9.90 Å². The lowest BCUT2D eigenvalue weighted by molar-refractivity contribution is 0.101. The van der Waals surface area contributed by atoms with Gasteiger partial charge in [0.25, 0.3) is 0 Å². The normalized spacial score (nSPS) is 24.8. The van der Waals surface area contributed by atoms with E-state index in [1.807, 2.05) is 18.7 Å². The Morgan fingerprint density at radius 1 is 1.47 bits per heavy atom. The van der Waals surface area contributed by atoms with Gasteiger partial charge in [-0.05, 0) is 50.0 Å². The second-order valence-electron chi connectivity index (χ2n) is 5.43. The third-order valence-corrected chi connectivity index (χ3v) is 4.52. The maximum Gasteiger partial charge on any atom is 0.315 e. The van der Waals surface area contributed by atoms with Crippen LogP contribution >= 0.6 is 11.8 Å². The molecule has 0 aromatic carbocycles. The first-order valence-corrected chi connectivity index (χ1v) is 8.57. The number of amides is 2. The van der Waals surface area contributed by atoms with Crippen molar-refractivity contribution in [3.63, 3.8) is 0 Å². The number of aliphatic hydroxyl groups is 1. The molecule has 0 heterocycles. The molecular formula is C14H28N2O2S. The van der Waals surface area contributed by atoms with E-state index in [0.29, 0.717) is 12.5 Å². The summed E-state index contributed by atoms with van der Waals surface area (Å²) in [6.07, 6.45) is 4.75. The summed E-state index contributed by atoms with van der Waals surface area (Å²) in [5.74, 6) is 2.65. The molecule has 3 atom stereocenters. The molecule has 3 unspecified atom stereocenters. The molecule has 2 amide bonds. The number of urea groups is 1. The summed E-state index contributed by atoms with van der Waals surface area (Å²) >= 11 is 1.90. The van der Waals surface area contributed by atoms with Gasteiger partial charge in [-0.25, -0.2) is 4.79 Å². The predicted octanol–water partition coefficient (Wildman–Crippen LogP) is 2.37. The molecule has 1 saturated carbocycles. The van der Waals surface area contributed by atoms with Crippen molar-refractivity contribution < 1.29 is 9.90 Å². The molecule has 0 aromatic heterocycles. The van der Waals surface area contributed by atoms with Gasteiger partial charge in [0.05, 0.1) is 6.10 Å². The van der Waals surface area contributed by atoms with Gasteiger partial charge in [0.1, 0.15) is 0 Å². The third kappa shape index (κ3) is 7.67. The summed E-state index contributed by atoms with van der Waals surface area (Å²) in [5.41, 5.74) is 0. The van der Waals surface area contributed by atoms with Crippen LogP contribution in [0.5, 0.6) is 0 Å². The van der Waals surface area contributed by atoms with Gasteiger partial charge < -0.3 is 15.7 Å². The minimum Gasteiger partial charge on any atom is -0.393 e. The fourth-order valence-electron chi connectivity index (χ4n) is 2.44. The molecule has 1 aliphatic carbocycles. The van der Waals surface area contributed by atoms with Gasteiger partial charge in [-0.1, -0.05) is 13.3 Å². The Hall–Kier alpha value is -0.420. The SMILES string of the molecule is CCSCCC(C)NC(=O)NCC1CCCC(O)C1. The first kappa shape index (κ1) is 16.6. The predicted molar refractivity (Wildman–Crippen MR) is 81.6 cm³/mol. The Balaban J connectivity index is 2.09. The van der Waals surface area contributed by atoms with Crippen molar-refractivity contribution in [1.29, 1.82) is 0 Å². The summed E-state index contributed by atoms with van der Waals surface area (Å²) < 4.78 is 0. The quantitative estimate of drug-likeness (QED) is 0.630. The van der Waals surface area contributed by atoms with E-state index in [2.05, 4.69) is 17.6 Å². The molecule has 0 bridgehead atoms. The van der Waals surface area contributed by atoms with Crippen LogP contribution in [-0.2, 0) is 0 Å². The standard InChI is InChI=1S/C14H28N2O2S/c1-3-19-8-7-11(2)16-14(18)15-10-12-5-4-6-13(17)9-12/h11-13,17H,3-10H2,1-2H3,(H2,15,16,18). The monoisotopic (exact) mass is 288 g/mol. The highest BCUT2D eigenvalue weighted by Crippen LogP contribution is 2.23. The number of carbonyl (C=O) groups excluding carboxylic acids is 1. The maximum absolute atomic E-state index is 11.7. The lowest BCUT2D eigenvalue weighted by atomic mass is 9.87. The first-order valence-electron chi connectivity index (χ1n) is 7.42. The van der Waals surface area contributed by atoms with Gasteiger partial charge in [0, 0.05) is 12.6 Å². The van der Waals surface area contributed by atoms with Crippen LogP contribution in [0.1, 0.15) is 46.0 Å².